The molecule has 4 atom stereocenters. The lowest BCUT2D eigenvalue weighted by atomic mass is 9.94. The van der Waals surface area contributed by atoms with Crippen LogP contribution in [0.25, 0.3) is 0 Å². The van der Waals surface area contributed by atoms with Crippen molar-refractivity contribution in [2.24, 2.45) is 5.92 Å². The van der Waals surface area contributed by atoms with Gasteiger partial charge in [-0.25, -0.2) is 0 Å². The smallest absolute Gasteiger partial charge is 0.0324 e. The second-order valence-electron chi connectivity index (χ2n) is 6.18. The van der Waals surface area contributed by atoms with Crippen LogP contribution in [-0.2, 0) is 0 Å². The van der Waals surface area contributed by atoms with E-state index in [-0.39, 0.29) is 0 Å². The summed E-state index contributed by atoms with van der Waals surface area (Å²) >= 11 is 3.58. The van der Waals surface area contributed by atoms with Crippen molar-refractivity contribution in [3.8, 4) is 0 Å². The first-order valence-corrected chi connectivity index (χ1v) is 8.56. The molecule has 3 heteroatoms. The van der Waals surface area contributed by atoms with Crippen molar-refractivity contribution in [1.29, 1.82) is 0 Å². The predicted octanol–water partition coefficient (Wildman–Crippen LogP) is 4.22. The van der Waals surface area contributed by atoms with Crippen LogP contribution >= 0.6 is 15.9 Å². The largest absolute Gasteiger partial charge is 0.311 e. The Hall–Kier alpha value is -0.380. The van der Waals surface area contributed by atoms with Crippen LogP contribution in [0.2, 0.25) is 0 Å². The fourth-order valence-corrected chi connectivity index (χ4v) is 3.49. The van der Waals surface area contributed by atoms with Crippen molar-refractivity contribution in [2.45, 2.75) is 52.2 Å². The summed E-state index contributed by atoms with van der Waals surface area (Å²) in [5.74, 6) is 0.736. The van der Waals surface area contributed by atoms with Crippen molar-refractivity contribution in [1.82, 2.24) is 10.2 Å². The molecule has 1 saturated heterocycles. The van der Waals surface area contributed by atoms with Gasteiger partial charge in [0.15, 0.2) is 0 Å². The van der Waals surface area contributed by atoms with Gasteiger partial charge in [-0.1, -0.05) is 48.3 Å². The summed E-state index contributed by atoms with van der Waals surface area (Å²) in [5, 5.41) is 3.72. The summed E-state index contributed by atoms with van der Waals surface area (Å²) in [6, 6.07) is 10.4. The number of hydrogen-bond acceptors (Lipinski definition) is 2. The SMILES string of the molecule is CCC(C)C1CN(C(C)c2cccc(Br)c2)C(C)CN1. The van der Waals surface area contributed by atoms with E-state index in [0.717, 1.165) is 19.0 Å². The molecule has 0 aliphatic carbocycles. The van der Waals surface area contributed by atoms with E-state index in [0.29, 0.717) is 18.1 Å². The van der Waals surface area contributed by atoms with Gasteiger partial charge in [0.1, 0.15) is 0 Å². The standard InChI is InChI=1S/C17H27BrN2/c1-5-12(2)17-11-20(13(3)10-19-17)14(4)15-7-6-8-16(18)9-15/h6-9,12-14,17,19H,5,10-11H2,1-4H3. The monoisotopic (exact) mass is 338 g/mol. The highest BCUT2D eigenvalue weighted by Crippen LogP contribution is 2.27. The molecule has 1 aromatic carbocycles. The first-order chi connectivity index (χ1) is 9.52. The molecule has 1 aliphatic heterocycles. The van der Waals surface area contributed by atoms with Crippen molar-refractivity contribution < 1.29 is 0 Å². The summed E-state index contributed by atoms with van der Waals surface area (Å²) in [5.41, 5.74) is 1.40. The first kappa shape index (κ1) is 16.0. The first-order valence-electron chi connectivity index (χ1n) is 7.77. The summed E-state index contributed by atoms with van der Waals surface area (Å²) in [4.78, 5) is 2.65. The van der Waals surface area contributed by atoms with Crippen LogP contribution in [-0.4, -0.2) is 30.1 Å². The Morgan fingerprint density at radius 3 is 2.80 bits per heavy atom. The number of nitrogens with zero attached hydrogens (tertiary/aromatic N) is 1. The van der Waals surface area contributed by atoms with Gasteiger partial charge in [-0.05, 0) is 37.5 Å². The summed E-state index contributed by atoms with van der Waals surface area (Å²) in [6.45, 7) is 11.5. The Bertz CT molecular complexity index is 435. The maximum atomic E-state index is 3.72. The topological polar surface area (TPSA) is 15.3 Å². The van der Waals surface area contributed by atoms with Crippen LogP contribution in [0.1, 0.15) is 45.7 Å². The van der Waals surface area contributed by atoms with Gasteiger partial charge >= 0.3 is 0 Å². The van der Waals surface area contributed by atoms with Gasteiger partial charge < -0.3 is 5.32 Å². The zero-order valence-corrected chi connectivity index (χ0v) is 14.7. The van der Waals surface area contributed by atoms with Gasteiger partial charge in [0.2, 0.25) is 0 Å². The molecule has 1 N–H and O–H groups in total. The Kier molecular flexibility index (Phi) is 5.65. The second kappa shape index (κ2) is 7.06. The van der Waals surface area contributed by atoms with E-state index in [2.05, 4.69) is 78.1 Å². The highest BCUT2D eigenvalue weighted by atomic mass is 79.9. The lowest BCUT2D eigenvalue weighted by Crippen LogP contribution is -2.57. The molecular weight excluding hydrogens is 312 g/mol. The third-order valence-electron chi connectivity index (χ3n) is 4.81. The quantitative estimate of drug-likeness (QED) is 0.884. The molecular formula is C17H27BrN2. The van der Waals surface area contributed by atoms with Gasteiger partial charge in [0.05, 0.1) is 0 Å². The Morgan fingerprint density at radius 2 is 2.15 bits per heavy atom. The predicted molar refractivity (Wildman–Crippen MR) is 90.0 cm³/mol. The highest BCUT2D eigenvalue weighted by Gasteiger charge is 2.30. The maximum absolute atomic E-state index is 3.72. The van der Waals surface area contributed by atoms with Crippen molar-refractivity contribution >= 4 is 15.9 Å². The van der Waals surface area contributed by atoms with Gasteiger partial charge in [0.25, 0.3) is 0 Å². The number of benzene rings is 1. The fourth-order valence-electron chi connectivity index (χ4n) is 3.07. The van der Waals surface area contributed by atoms with E-state index in [4.69, 9.17) is 0 Å². The van der Waals surface area contributed by atoms with Crippen LogP contribution < -0.4 is 5.32 Å². The van der Waals surface area contributed by atoms with Crippen molar-refractivity contribution in [3.63, 3.8) is 0 Å². The molecule has 0 saturated carbocycles. The molecule has 1 aromatic rings. The van der Waals surface area contributed by atoms with Crippen LogP contribution in [0.15, 0.2) is 28.7 Å². The van der Waals surface area contributed by atoms with Crippen molar-refractivity contribution in [2.75, 3.05) is 13.1 Å². The van der Waals surface area contributed by atoms with Gasteiger partial charge in [-0.15, -0.1) is 0 Å². The maximum Gasteiger partial charge on any atom is 0.0324 e. The minimum Gasteiger partial charge on any atom is -0.311 e. The average molecular weight is 339 g/mol. The normalized spacial score (nSPS) is 27.2. The Morgan fingerprint density at radius 1 is 1.40 bits per heavy atom. The zero-order chi connectivity index (χ0) is 14.7. The molecule has 1 heterocycles. The van der Waals surface area contributed by atoms with E-state index in [1.807, 2.05) is 0 Å². The number of nitrogens with one attached hydrogen (secondary N) is 1. The molecule has 0 aromatic heterocycles. The number of halogens is 1. The van der Waals surface area contributed by atoms with Crippen LogP contribution in [0.5, 0.6) is 0 Å². The molecule has 4 unspecified atom stereocenters. The Labute approximate surface area is 132 Å². The summed E-state index contributed by atoms with van der Waals surface area (Å²) < 4.78 is 1.17. The molecule has 0 amide bonds. The molecule has 0 bridgehead atoms. The number of hydrogen-bond donors (Lipinski definition) is 1. The fraction of sp³-hybridized carbons (Fsp3) is 0.647. The van der Waals surface area contributed by atoms with Crippen molar-refractivity contribution in [3.05, 3.63) is 34.3 Å². The van der Waals surface area contributed by atoms with Crippen LogP contribution in [0, 0.1) is 5.92 Å². The Balaban J connectivity index is 2.12. The third kappa shape index (κ3) is 3.63. The highest BCUT2D eigenvalue weighted by molar-refractivity contribution is 9.10. The van der Waals surface area contributed by atoms with E-state index >= 15 is 0 Å². The molecule has 0 radical (unpaired) electrons. The molecule has 2 rings (SSSR count). The summed E-state index contributed by atoms with van der Waals surface area (Å²) in [7, 11) is 0. The average Bonchev–Trinajstić information content (AvgIpc) is 2.46. The lowest BCUT2D eigenvalue weighted by molar-refractivity contribution is 0.0819. The van der Waals surface area contributed by atoms with Gasteiger partial charge in [-0.2, -0.15) is 0 Å². The van der Waals surface area contributed by atoms with E-state index in [1.54, 1.807) is 0 Å². The van der Waals surface area contributed by atoms with E-state index in [9.17, 15) is 0 Å². The molecule has 20 heavy (non-hydrogen) atoms. The molecule has 0 spiro atoms. The van der Waals surface area contributed by atoms with Gasteiger partial charge in [0, 0.05) is 35.7 Å². The number of piperazine rings is 1. The zero-order valence-electron chi connectivity index (χ0n) is 13.1. The molecule has 1 aliphatic rings. The van der Waals surface area contributed by atoms with Crippen LogP contribution in [0.3, 0.4) is 0 Å². The summed E-state index contributed by atoms with van der Waals surface area (Å²) in [6.07, 6.45) is 1.24. The molecule has 1 fully saturated rings. The molecule has 112 valence electrons. The second-order valence-corrected chi connectivity index (χ2v) is 7.09. The van der Waals surface area contributed by atoms with E-state index < -0.39 is 0 Å². The minimum absolute atomic E-state index is 0.469. The third-order valence-corrected chi connectivity index (χ3v) is 5.30. The van der Waals surface area contributed by atoms with Gasteiger partial charge in [-0.3, -0.25) is 4.90 Å². The molecule has 2 nitrogen and oxygen atoms in total. The number of rotatable bonds is 4. The lowest BCUT2D eigenvalue weighted by Gasteiger charge is -2.44. The minimum atomic E-state index is 0.469. The van der Waals surface area contributed by atoms with Crippen LogP contribution in [0.4, 0.5) is 0 Å². The van der Waals surface area contributed by atoms with E-state index in [1.165, 1.54) is 16.5 Å².